The predicted octanol–water partition coefficient (Wildman–Crippen LogP) is 5.84. The van der Waals surface area contributed by atoms with Gasteiger partial charge in [-0.05, 0) is 66.0 Å². The molecule has 0 spiro atoms. The van der Waals surface area contributed by atoms with Crippen LogP contribution in [-0.4, -0.2) is 16.8 Å². The third-order valence-corrected chi connectivity index (χ3v) is 7.09. The molecule has 0 bridgehead atoms. The lowest BCUT2D eigenvalue weighted by Crippen LogP contribution is -2.47. The second-order valence-electron chi connectivity index (χ2n) is 9.03. The van der Waals surface area contributed by atoms with E-state index in [0.717, 1.165) is 53.8 Å². The molecule has 1 amide bonds. The molecule has 1 heterocycles. The Morgan fingerprint density at radius 1 is 0.967 bits per heavy atom. The maximum absolute atomic E-state index is 14.0. The van der Waals surface area contributed by atoms with Crippen LogP contribution in [0.5, 0.6) is 0 Å². The fourth-order valence-electron chi connectivity index (χ4n) is 5.39. The zero-order valence-electron chi connectivity index (χ0n) is 17.6. The number of amides is 1. The Balaban J connectivity index is 1.54. The van der Waals surface area contributed by atoms with E-state index in [4.69, 9.17) is 0 Å². The van der Waals surface area contributed by atoms with E-state index in [0.29, 0.717) is 12.0 Å². The van der Waals surface area contributed by atoms with Crippen molar-refractivity contribution < 1.29 is 4.79 Å². The van der Waals surface area contributed by atoms with Gasteiger partial charge in [0.25, 0.3) is 5.91 Å². The minimum absolute atomic E-state index is 0.207. The summed E-state index contributed by atoms with van der Waals surface area (Å²) in [5, 5.41) is 3.61. The molecular formula is C27H30N2O. The number of benzene rings is 2. The lowest BCUT2D eigenvalue weighted by molar-refractivity contribution is -0.135. The highest BCUT2D eigenvalue weighted by Gasteiger charge is 2.59. The van der Waals surface area contributed by atoms with E-state index < -0.39 is 5.54 Å². The summed E-state index contributed by atoms with van der Waals surface area (Å²) in [6.07, 6.45) is 9.89. The normalized spacial score (nSPS) is 24.7. The van der Waals surface area contributed by atoms with Crippen LogP contribution in [0.3, 0.4) is 0 Å². The van der Waals surface area contributed by atoms with Crippen molar-refractivity contribution >= 4 is 12.0 Å². The van der Waals surface area contributed by atoms with Crippen molar-refractivity contribution in [1.82, 2.24) is 10.2 Å². The van der Waals surface area contributed by atoms with Crippen LogP contribution in [-0.2, 0) is 10.3 Å². The largest absolute Gasteiger partial charge is 0.354 e. The zero-order chi connectivity index (χ0) is 20.7. The Bertz CT molecular complexity index is 999. The first kappa shape index (κ1) is 19.2. The molecule has 1 aliphatic heterocycles. The van der Waals surface area contributed by atoms with Crippen LogP contribution in [0.15, 0.2) is 67.5 Å². The first-order valence-corrected chi connectivity index (χ1v) is 11.3. The van der Waals surface area contributed by atoms with E-state index in [9.17, 15) is 4.79 Å². The average Bonchev–Trinajstić information content (AvgIpc) is 3.60. The van der Waals surface area contributed by atoms with Crippen LogP contribution in [0.2, 0.25) is 0 Å². The molecule has 2 aromatic rings. The molecule has 0 radical (unpaired) electrons. The van der Waals surface area contributed by atoms with Crippen LogP contribution in [0, 0.1) is 5.92 Å². The summed E-state index contributed by atoms with van der Waals surface area (Å²) >= 11 is 0. The molecular weight excluding hydrogens is 368 g/mol. The van der Waals surface area contributed by atoms with Crippen molar-refractivity contribution in [2.75, 3.05) is 0 Å². The first-order valence-electron chi connectivity index (χ1n) is 11.3. The number of nitrogens with zero attached hydrogens (tertiary/aromatic N) is 1. The van der Waals surface area contributed by atoms with Gasteiger partial charge in [-0.15, -0.1) is 0 Å². The standard InChI is InChI=1S/C27H30N2O/c1-3-20-9-7-10-21(17-20)22-11-8-12-24(18-22)27(23-15-16-23)26(30)29(19(2)28-27)25-13-5-4-6-14-25/h3,7-12,17-18,23,25,28H,1-2,4-6,13-16H2. The molecule has 3 fully saturated rings. The molecule has 2 aromatic carbocycles. The van der Waals surface area contributed by atoms with Crippen LogP contribution < -0.4 is 5.32 Å². The maximum Gasteiger partial charge on any atom is 0.259 e. The molecule has 1 saturated heterocycles. The van der Waals surface area contributed by atoms with Crippen LogP contribution in [0.25, 0.3) is 17.2 Å². The third-order valence-electron chi connectivity index (χ3n) is 7.09. The van der Waals surface area contributed by atoms with Gasteiger partial charge in [0, 0.05) is 6.04 Å². The zero-order valence-corrected chi connectivity index (χ0v) is 17.6. The van der Waals surface area contributed by atoms with Crippen molar-refractivity contribution in [3.63, 3.8) is 0 Å². The Kier molecular flexibility index (Phi) is 4.77. The van der Waals surface area contributed by atoms with Crippen molar-refractivity contribution in [1.29, 1.82) is 0 Å². The minimum Gasteiger partial charge on any atom is -0.354 e. The lowest BCUT2D eigenvalue weighted by atomic mass is 9.82. The molecule has 154 valence electrons. The lowest BCUT2D eigenvalue weighted by Gasteiger charge is -2.32. The van der Waals surface area contributed by atoms with Crippen LogP contribution >= 0.6 is 0 Å². The number of hydrogen-bond acceptors (Lipinski definition) is 2. The molecule has 3 heteroatoms. The number of nitrogens with one attached hydrogen (secondary N) is 1. The second-order valence-corrected chi connectivity index (χ2v) is 9.03. The summed E-state index contributed by atoms with van der Waals surface area (Å²) in [6, 6.07) is 17.2. The summed E-state index contributed by atoms with van der Waals surface area (Å²) in [5.74, 6) is 1.34. The topological polar surface area (TPSA) is 32.3 Å². The fraction of sp³-hybridized carbons (Fsp3) is 0.370. The average molecular weight is 399 g/mol. The molecule has 1 N–H and O–H groups in total. The summed E-state index contributed by atoms with van der Waals surface area (Å²) in [4.78, 5) is 16.0. The minimum atomic E-state index is -0.666. The van der Waals surface area contributed by atoms with E-state index in [1.807, 2.05) is 11.0 Å². The number of hydrogen-bond donors (Lipinski definition) is 1. The summed E-state index contributed by atoms with van der Waals surface area (Å²) in [5.41, 5.74) is 3.78. The quantitative estimate of drug-likeness (QED) is 0.686. The Hall–Kier alpha value is -2.81. The van der Waals surface area contributed by atoms with Crippen molar-refractivity contribution in [3.8, 4) is 11.1 Å². The van der Waals surface area contributed by atoms with Gasteiger partial charge in [0.15, 0.2) is 0 Å². The summed E-state index contributed by atoms with van der Waals surface area (Å²) in [7, 11) is 0. The summed E-state index contributed by atoms with van der Waals surface area (Å²) in [6.45, 7) is 8.17. The van der Waals surface area contributed by atoms with Crippen LogP contribution in [0.4, 0.5) is 0 Å². The van der Waals surface area contributed by atoms with Gasteiger partial charge in [-0.25, -0.2) is 0 Å². The molecule has 3 nitrogen and oxygen atoms in total. The number of carbonyl (C=O) groups excluding carboxylic acids is 1. The molecule has 1 atom stereocenters. The van der Waals surface area contributed by atoms with Crippen molar-refractivity contribution in [3.05, 3.63) is 78.6 Å². The number of carbonyl (C=O) groups is 1. The monoisotopic (exact) mass is 398 g/mol. The van der Waals surface area contributed by atoms with Gasteiger partial charge in [0.1, 0.15) is 11.4 Å². The molecule has 0 aromatic heterocycles. The van der Waals surface area contributed by atoms with Gasteiger partial charge in [0.2, 0.25) is 0 Å². The van der Waals surface area contributed by atoms with E-state index >= 15 is 0 Å². The maximum atomic E-state index is 14.0. The fourth-order valence-corrected chi connectivity index (χ4v) is 5.39. The summed E-state index contributed by atoms with van der Waals surface area (Å²) < 4.78 is 0. The van der Waals surface area contributed by atoms with E-state index in [2.05, 4.69) is 67.0 Å². The van der Waals surface area contributed by atoms with Crippen LogP contribution in [0.1, 0.15) is 56.1 Å². The predicted molar refractivity (Wildman–Crippen MR) is 122 cm³/mol. The van der Waals surface area contributed by atoms with Gasteiger partial charge < -0.3 is 5.32 Å². The van der Waals surface area contributed by atoms with Gasteiger partial charge in [-0.3, -0.25) is 9.69 Å². The molecule has 3 aliphatic rings. The third kappa shape index (κ3) is 3.08. The van der Waals surface area contributed by atoms with E-state index in [1.54, 1.807) is 0 Å². The Labute approximate surface area is 179 Å². The first-order chi connectivity index (χ1) is 14.6. The van der Waals surface area contributed by atoms with Gasteiger partial charge >= 0.3 is 0 Å². The van der Waals surface area contributed by atoms with Gasteiger partial charge in [0.05, 0.1) is 0 Å². The second kappa shape index (κ2) is 7.46. The van der Waals surface area contributed by atoms with Gasteiger partial charge in [-0.2, -0.15) is 0 Å². The number of rotatable bonds is 5. The molecule has 2 aliphatic carbocycles. The molecule has 5 rings (SSSR count). The SMILES string of the molecule is C=Cc1cccc(-c2cccc(C3(C4CC4)NC(=C)N(C4CCCCC4)C3=O)c2)c1. The highest BCUT2D eigenvalue weighted by Crippen LogP contribution is 2.51. The van der Waals surface area contributed by atoms with E-state index in [1.165, 1.54) is 19.3 Å². The molecule has 2 saturated carbocycles. The molecule has 30 heavy (non-hydrogen) atoms. The van der Waals surface area contributed by atoms with E-state index in [-0.39, 0.29) is 5.91 Å². The highest BCUT2D eigenvalue weighted by atomic mass is 16.2. The van der Waals surface area contributed by atoms with Crippen molar-refractivity contribution in [2.45, 2.75) is 56.5 Å². The highest BCUT2D eigenvalue weighted by molar-refractivity contribution is 5.93. The molecule has 1 unspecified atom stereocenters. The smallest absolute Gasteiger partial charge is 0.259 e. The van der Waals surface area contributed by atoms with Crippen molar-refractivity contribution in [2.24, 2.45) is 5.92 Å². The Morgan fingerprint density at radius 3 is 2.37 bits per heavy atom. The van der Waals surface area contributed by atoms with Gasteiger partial charge in [-0.1, -0.05) is 74.9 Å². The Morgan fingerprint density at radius 2 is 1.67 bits per heavy atom.